The number of hydrogen-bond donors (Lipinski definition) is 2. The molecule has 18 heavy (non-hydrogen) atoms. The van der Waals surface area contributed by atoms with Crippen molar-refractivity contribution in [1.29, 1.82) is 0 Å². The lowest BCUT2D eigenvalue weighted by molar-refractivity contribution is -0.214. The number of aliphatic hydroxyl groups is 1. The molecule has 108 valence electrons. The van der Waals surface area contributed by atoms with Gasteiger partial charge in [-0.1, -0.05) is 13.8 Å². The van der Waals surface area contributed by atoms with Crippen molar-refractivity contribution in [2.75, 3.05) is 0 Å². The molecule has 4 nitrogen and oxygen atoms in total. The van der Waals surface area contributed by atoms with Crippen molar-refractivity contribution in [3.63, 3.8) is 0 Å². The molecule has 0 aromatic carbocycles. The summed E-state index contributed by atoms with van der Waals surface area (Å²) in [5, 5.41) is 11.2. The van der Waals surface area contributed by atoms with E-state index in [0.717, 1.165) is 0 Å². The summed E-state index contributed by atoms with van der Waals surface area (Å²) in [6.45, 7) is 7.72. The van der Waals surface area contributed by atoms with E-state index in [4.69, 9.17) is 9.84 Å². The molecule has 0 bridgehead atoms. The van der Waals surface area contributed by atoms with E-state index in [9.17, 15) is 18.0 Å². The molecule has 0 saturated heterocycles. The van der Waals surface area contributed by atoms with E-state index in [1.807, 2.05) is 5.32 Å². The minimum Gasteiger partial charge on any atom is -0.444 e. The summed E-state index contributed by atoms with van der Waals surface area (Å²) >= 11 is 0. The van der Waals surface area contributed by atoms with Crippen LogP contribution in [0.4, 0.5) is 18.0 Å². The van der Waals surface area contributed by atoms with Crippen molar-refractivity contribution in [2.45, 2.75) is 58.5 Å². The second kappa shape index (κ2) is 5.77. The molecular formula is C11H20F3NO3. The smallest absolute Gasteiger partial charge is 0.416 e. The second-order valence-electron chi connectivity index (χ2n) is 5.40. The number of aliphatic hydroxyl groups excluding tert-OH is 1. The van der Waals surface area contributed by atoms with Crippen LogP contribution in [0.1, 0.15) is 34.6 Å². The fourth-order valence-electron chi connectivity index (χ4n) is 1.26. The molecule has 1 amide bonds. The molecule has 0 rings (SSSR count). The maximum Gasteiger partial charge on any atom is 0.416 e. The third-order valence-electron chi connectivity index (χ3n) is 2.08. The number of halogens is 3. The first kappa shape index (κ1) is 17.0. The standard InChI is InChI=1S/C11H20F3NO3/c1-6(2)7(8(16)11(12,13)14)15-9(17)18-10(3,4)5/h6-8,16H,1-5H3,(H,15,17)/t7-,8-/m0/s1. The molecule has 0 aliphatic heterocycles. The van der Waals surface area contributed by atoms with E-state index in [1.54, 1.807) is 20.8 Å². The lowest BCUT2D eigenvalue weighted by atomic mass is 9.98. The van der Waals surface area contributed by atoms with Gasteiger partial charge in [0.1, 0.15) is 5.60 Å². The van der Waals surface area contributed by atoms with Gasteiger partial charge in [-0.2, -0.15) is 13.2 Å². The van der Waals surface area contributed by atoms with Crippen LogP contribution in [0.3, 0.4) is 0 Å². The van der Waals surface area contributed by atoms with Crippen LogP contribution in [0.2, 0.25) is 0 Å². The number of ether oxygens (including phenoxy) is 1. The maximum atomic E-state index is 12.4. The van der Waals surface area contributed by atoms with E-state index >= 15 is 0 Å². The zero-order chi connectivity index (χ0) is 14.7. The van der Waals surface area contributed by atoms with Gasteiger partial charge in [0.05, 0.1) is 6.04 Å². The quantitative estimate of drug-likeness (QED) is 0.829. The normalized spacial score (nSPS) is 16.3. The molecule has 0 spiro atoms. The predicted molar refractivity (Wildman–Crippen MR) is 60.1 cm³/mol. The van der Waals surface area contributed by atoms with Gasteiger partial charge in [0.25, 0.3) is 0 Å². The fraction of sp³-hybridized carbons (Fsp3) is 0.909. The van der Waals surface area contributed by atoms with E-state index in [0.29, 0.717) is 0 Å². The van der Waals surface area contributed by atoms with E-state index in [-0.39, 0.29) is 0 Å². The Bertz CT molecular complexity index is 284. The Labute approximate surface area is 105 Å². The average molecular weight is 271 g/mol. The van der Waals surface area contributed by atoms with Crippen LogP contribution in [0, 0.1) is 5.92 Å². The summed E-state index contributed by atoms with van der Waals surface area (Å²) in [4.78, 5) is 11.4. The summed E-state index contributed by atoms with van der Waals surface area (Å²) in [5.41, 5.74) is -0.811. The van der Waals surface area contributed by atoms with Crippen LogP contribution >= 0.6 is 0 Å². The lowest BCUT2D eigenvalue weighted by Crippen LogP contribution is -2.53. The maximum absolute atomic E-state index is 12.4. The van der Waals surface area contributed by atoms with Crippen molar-refractivity contribution in [3.05, 3.63) is 0 Å². The van der Waals surface area contributed by atoms with Crippen molar-refractivity contribution in [1.82, 2.24) is 5.32 Å². The molecule has 0 aromatic heterocycles. The SMILES string of the molecule is CC(C)[C@H](NC(=O)OC(C)(C)C)[C@H](O)C(F)(F)F. The van der Waals surface area contributed by atoms with Gasteiger partial charge in [-0.05, 0) is 26.7 Å². The van der Waals surface area contributed by atoms with Crippen molar-refractivity contribution >= 4 is 6.09 Å². The highest BCUT2D eigenvalue weighted by Crippen LogP contribution is 2.25. The van der Waals surface area contributed by atoms with Gasteiger partial charge >= 0.3 is 12.3 Å². The summed E-state index contributed by atoms with van der Waals surface area (Å²) in [6, 6.07) is -1.44. The Kier molecular flexibility index (Phi) is 5.46. The highest BCUT2D eigenvalue weighted by molar-refractivity contribution is 5.68. The third-order valence-corrected chi connectivity index (χ3v) is 2.08. The molecule has 0 aliphatic carbocycles. The molecule has 7 heteroatoms. The minimum absolute atomic E-state index is 0.589. The first-order valence-corrected chi connectivity index (χ1v) is 5.59. The van der Waals surface area contributed by atoms with Crippen LogP contribution in [0.15, 0.2) is 0 Å². The molecule has 0 aliphatic rings. The van der Waals surface area contributed by atoms with Gasteiger partial charge in [0, 0.05) is 0 Å². The Morgan fingerprint density at radius 3 is 1.94 bits per heavy atom. The molecule has 2 N–H and O–H groups in total. The zero-order valence-electron chi connectivity index (χ0n) is 11.1. The van der Waals surface area contributed by atoms with Gasteiger partial charge in [0.15, 0.2) is 6.10 Å². The molecule has 0 heterocycles. The lowest BCUT2D eigenvalue weighted by Gasteiger charge is -2.30. The van der Waals surface area contributed by atoms with Gasteiger partial charge < -0.3 is 15.2 Å². The number of carbonyl (C=O) groups excluding carboxylic acids is 1. The number of alkyl halides is 3. The number of carbonyl (C=O) groups is 1. The van der Waals surface area contributed by atoms with Crippen LogP contribution in [0.5, 0.6) is 0 Å². The average Bonchev–Trinajstić information content (AvgIpc) is 2.08. The Morgan fingerprint density at radius 1 is 1.22 bits per heavy atom. The third kappa shape index (κ3) is 6.09. The first-order chi connectivity index (χ1) is 7.84. The number of nitrogens with one attached hydrogen (secondary N) is 1. The fourth-order valence-corrected chi connectivity index (χ4v) is 1.26. The van der Waals surface area contributed by atoms with Gasteiger partial charge in [-0.25, -0.2) is 4.79 Å². The van der Waals surface area contributed by atoms with Gasteiger partial charge in [-0.3, -0.25) is 0 Å². The monoisotopic (exact) mass is 271 g/mol. The minimum atomic E-state index is -4.79. The van der Waals surface area contributed by atoms with Gasteiger partial charge in [0.2, 0.25) is 0 Å². The Morgan fingerprint density at radius 2 is 1.67 bits per heavy atom. The molecular weight excluding hydrogens is 251 g/mol. The number of hydrogen-bond acceptors (Lipinski definition) is 3. The second-order valence-corrected chi connectivity index (χ2v) is 5.40. The van der Waals surface area contributed by atoms with Crippen LogP contribution < -0.4 is 5.32 Å². The van der Waals surface area contributed by atoms with E-state index in [2.05, 4.69) is 0 Å². The molecule has 0 radical (unpaired) electrons. The summed E-state index contributed by atoms with van der Waals surface area (Å²) < 4.78 is 42.1. The topological polar surface area (TPSA) is 58.6 Å². The van der Waals surface area contributed by atoms with Crippen molar-refractivity contribution in [2.24, 2.45) is 5.92 Å². The van der Waals surface area contributed by atoms with E-state index in [1.165, 1.54) is 13.8 Å². The zero-order valence-corrected chi connectivity index (χ0v) is 11.1. The highest BCUT2D eigenvalue weighted by atomic mass is 19.4. The molecule has 2 atom stereocenters. The number of rotatable bonds is 3. The summed E-state index contributed by atoms with van der Waals surface area (Å²) in [5.74, 6) is -0.589. The first-order valence-electron chi connectivity index (χ1n) is 5.59. The summed E-state index contributed by atoms with van der Waals surface area (Å²) in [6.07, 6.45) is -8.39. The van der Waals surface area contributed by atoms with E-state index < -0.39 is 35.9 Å². The van der Waals surface area contributed by atoms with Crippen molar-refractivity contribution < 1.29 is 27.8 Å². The van der Waals surface area contributed by atoms with Crippen molar-refractivity contribution in [3.8, 4) is 0 Å². The Hall–Kier alpha value is -0.980. The van der Waals surface area contributed by atoms with Gasteiger partial charge in [-0.15, -0.1) is 0 Å². The molecule has 0 aromatic rings. The number of amides is 1. The summed E-state index contributed by atoms with van der Waals surface area (Å²) in [7, 11) is 0. The highest BCUT2D eigenvalue weighted by Gasteiger charge is 2.45. The molecule has 0 saturated carbocycles. The van der Waals surface area contributed by atoms with Crippen LogP contribution in [0.25, 0.3) is 0 Å². The van der Waals surface area contributed by atoms with Crippen LogP contribution in [-0.2, 0) is 4.74 Å². The Balaban J connectivity index is 4.70. The molecule has 0 fully saturated rings. The number of alkyl carbamates (subject to hydrolysis) is 1. The van der Waals surface area contributed by atoms with Crippen LogP contribution in [-0.4, -0.2) is 35.1 Å². The largest absolute Gasteiger partial charge is 0.444 e. The molecule has 0 unspecified atom stereocenters. The predicted octanol–water partition coefficient (Wildman–Crippen LogP) is 2.46.